The Balaban J connectivity index is 3.60. The summed E-state index contributed by atoms with van der Waals surface area (Å²) in [6.07, 6.45) is 3.93. The highest BCUT2D eigenvalue weighted by Gasteiger charge is 2.19. The number of nitriles is 1. The van der Waals surface area contributed by atoms with Crippen molar-refractivity contribution in [2.45, 2.75) is 65.1 Å². The molecule has 0 aromatic heterocycles. The first-order valence-electron chi connectivity index (χ1n) is 5.64. The second-order valence-electron chi connectivity index (χ2n) is 4.11. The minimum Gasteiger partial charge on any atom is -0.200 e. The molecule has 0 amide bonds. The number of rotatable bonds is 9. The first-order chi connectivity index (χ1) is 7.55. The van der Waals surface area contributed by atoms with Crippen molar-refractivity contribution < 1.29 is 19.9 Å². The highest BCUT2D eigenvalue weighted by Crippen LogP contribution is 2.11. The average Bonchev–Trinajstić information content (AvgIpc) is 2.28. The van der Waals surface area contributed by atoms with Crippen LogP contribution in [0.5, 0.6) is 0 Å². The van der Waals surface area contributed by atoms with Gasteiger partial charge < -0.3 is 0 Å². The molecule has 0 bridgehead atoms. The summed E-state index contributed by atoms with van der Waals surface area (Å²) in [6.45, 7) is 7.24. The van der Waals surface area contributed by atoms with E-state index in [0.717, 1.165) is 25.7 Å². The van der Waals surface area contributed by atoms with Crippen molar-refractivity contribution in [3.8, 4) is 6.07 Å². The SMILES string of the molecule is CCCCC(CC)OOOOC(C)(C)C#N. The molecule has 0 aliphatic heterocycles. The average molecular weight is 231 g/mol. The summed E-state index contributed by atoms with van der Waals surface area (Å²) in [5.41, 5.74) is -1.05. The topological polar surface area (TPSA) is 60.7 Å². The number of unbranched alkanes of at least 4 members (excludes halogenated alkanes) is 1. The van der Waals surface area contributed by atoms with Gasteiger partial charge in [-0.3, -0.25) is 0 Å². The van der Waals surface area contributed by atoms with E-state index >= 15 is 0 Å². The van der Waals surface area contributed by atoms with Crippen LogP contribution < -0.4 is 0 Å². The molecule has 0 rings (SSSR count). The lowest BCUT2D eigenvalue weighted by Gasteiger charge is -2.15. The van der Waals surface area contributed by atoms with Crippen LogP contribution in [0.25, 0.3) is 0 Å². The maximum Gasteiger partial charge on any atom is 0.186 e. The molecular weight excluding hydrogens is 210 g/mol. The first kappa shape index (κ1) is 15.3. The third kappa shape index (κ3) is 7.60. The molecule has 5 heteroatoms. The van der Waals surface area contributed by atoms with Gasteiger partial charge in [0.2, 0.25) is 0 Å². The smallest absolute Gasteiger partial charge is 0.186 e. The molecule has 1 atom stereocenters. The van der Waals surface area contributed by atoms with E-state index in [-0.39, 0.29) is 6.10 Å². The lowest BCUT2D eigenvalue weighted by molar-refractivity contribution is -0.653. The van der Waals surface area contributed by atoms with Crippen LogP contribution in [-0.2, 0) is 19.9 Å². The molecular formula is C11H21NO4. The van der Waals surface area contributed by atoms with E-state index in [1.807, 2.05) is 13.0 Å². The molecule has 0 spiro atoms. The van der Waals surface area contributed by atoms with Crippen molar-refractivity contribution in [2.75, 3.05) is 0 Å². The van der Waals surface area contributed by atoms with E-state index < -0.39 is 5.60 Å². The molecule has 0 N–H and O–H groups in total. The highest BCUT2D eigenvalue weighted by molar-refractivity contribution is 4.92. The van der Waals surface area contributed by atoms with E-state index in [4.69, 9.17) is 10.1 Å². The van der Waals surface area contributed by atoms with Gasteiger partial charge in [-0.1, -0.05) is 26.7 Å². The maximum absolute atomic E-state index is 8.61. The molecule has 1 unspecified atom stereocenters. The minimum atomic E-state index is -1.05. The van der Waals surface area contributed by atoms with Gasteiger partial charge in [-0.25, -0.2) is 4.89 Å². The van der Waals surface area contributed by atoms with E-state index in [2.05, 4.69) is 21.9 Å². The molecule has 94 valence electrons. The van der Waals surface area contributed by atoms with Crippen LogP contribution in [0.15, 0.2) is 0 Å². The standard InChI is InChI=1S/C11H21NO4/c1-5-7-8-10(6-2)13-15-16-14-11(3,4)9-12/h10H,5-8H2,1-4H3. The fourth-order valence-electron chi connectivity index (χ4n) is 0.941. The zero-order chi connectivity index (χ0) is 12.4. The minimum absolute atomic E-state index is 0.00579. The third-order valence-electron chi connectivity index (χ3n) is 2.05. The fraction of sp³-hybridized carbons (Fsp3) is 0.909. The van der Waals surface area contributed by atoms with Gasteiger partial charge in [0.1, 0.15) is 6.07 Å². The molecule has 16 heavy (non-hydrogen) atoms. The van der Waals surface area contributed by atoms with Gasteiger partial charge in [-0.2, -0.15) is 10.1 Å². The van der Waals surface area contributed by atoms with Crippen molar-refractivity contribution in [3.05, 3.63) is 0 Å². The summed E-state index contributed by atoms with van der Waals surface area (Å²) >= 11 is 0. The van der Waals surface area contributed by atoms with Crippen LogP contribution in [0.3, 0.4) is 0 Å². The zero-order valence-corrected chi connectivity index (χ0v) is 10.5. The van der Waals surface area contributed by atoms with Crippen LogP contribution in [0, 0.1) is 11.3 Å². The predicted octanol–water partition coefficient (Wildman–Crippen LogP) is 3.07. The van der Waals surface area contributed by atoms with Gasteiger partial charge in [0.25, 0.3) is 0 Å². The Labute approximate surface area is 97.0 Å². The van der Waals surface area contributed by atoms with Crippen LogP contribution in [0.4, 0.5) is 0 Å². The summed E-state index contributed by atoms with van der Waals surface area (Å²) in [6, 6.07) is 1.89. The molecule has 0 aromatic carbocycles. The van der Waals surface area contributed by atoms with Gasteiger partial charge in [0.15, 0.2) is 5.60 Å². The van der Waals surface area contributed by atoms with E-state index in [9.17, 15) is 0 Å². The maximum atomic E-state index is 8.61. The third-order valence-corrected chi connectivity index (χ3v) is 2.05. The van der Waals surface area contributed by atoms with Crippen LogP contribution in [0.2, 0.25) is 0 Å². The van der Waals surface area contributed by atoms with Gasteiger partial charge in [0.05, 0.1) is 6.10 Å². The van der Waals surface area contributed by atoms with Gasteiger partial charge in [-0.15, -0.1) is 0 Å². The monoisotopic (exact) mass is 231 g/mol. The molecule has 0 aliphatic rings. The number of hydrogen-bond donors (Lipinski definition) is 0. The first-order valence-corrected chi connectivity index (χ1v) is 5.64. The summed E-state index contributed by atoms with van der Waals surface area (Å²) in [4.78, 5) is 9.65. The summed E-state index contributed by atoms with van der Waals surface area (Å²) in [5.74, 6) is 0. The lowest BCUT2D eigenvalue weighted by atomic mass is 10.1. The zero-order valence-electron chi connectivity index (χ0n) is 10.5. The normalized spacial score (nSPS) is 13.4. The number of hydrogen-bond acceptors (Lipinski definition) is 5. The Morgan fingerprint density at radius 2 is 1.94 bits per heavy atom. The molecule has 0 radical (unpaired) electrons. The molecule has 0 aromatic rings. The largest absolute Gasteiger partial charge is 0.200 e. The van der Waals surface area contributed by atoms with E-state index in [0.29, 0.717) is 0 Å². The quantitative estimate of drug-likeness (QED) is 0.346. The number of nitrogens with zero attached hydrogens (tertiary/aromatic N) is 1. The lowest BCUT2D eigenvalue weighted by Crippen LogP contribution is -2.23. The van der Waals surface area contributed by atoms with Gasteiger partial charge in [0, 0.05) is 0 Å². The summed E-state index contributed by atoms with van der Waals surface area (Å²) in [5, 5.41) is 17.4. The predicted molar refractivity (Wildman–Crippen MR) is 57.6 cm³/mol. The molecule has 0 heterocycles. The second kappa shape index (κ2) is 8.48. The van der Waals surface area contributed by atoms with Crippen LogP contribution >= 0.6 is 0 Å². The van der Waals surface area contributed by atoms with Gasteiger partial charge in [-0.05, 0) is 36.8 Å². The Kier molecular flexibility index (Phi) is 8.12. The summed E-state index contributed by atoms with van der Waals surface area (Å²) < 4.78 is 0. The Bertz CT molecular complexity index is 213. The van der Waals surface area contributed by atoms with Crippen molar-refractivity contribution in [3.63, 3.8) is 0 Å². The second-order valence-corrected chi connectivity index (χ2v) is 4.11. The fourth-order valence-corrected chi connectivity index (χ4v) is 0.941. The molecule has 5 nitrogen and oxygen atoms in total. The van der Waals surface area contributed by atoms with Gasteiger partial charge >= 0.3 is 0 Å². The summed E-state index contributed by atoms with van der Waals surface area (Å²) in [7, 11) is 0. The van der Waals surface area contributed by atoms with Crippen molar-refractivity contribution in [2.24, 2.45) is 0 Å². The van der Waals surface area contributed by atoms with Crippen molar-refractivity contribution in [1.29, 1.82) is 5.26 Å². The molecule has 0 saturated carbocycles. The van der Waals surface area contributed by atoms with Crippen LogP contribution in [-0.4, -0.2) is 11.7 Å². The molecule has 0 fully saturated rings. The highest BCUT2D eigenvalue weighted by atomic mass is 17.7. The Hall–Kier alpha value is -0.670. The Morgan fingerprint density at radius 3 is 2.44 bits per heavy atom. The van der Waals surface area contributed by atoms with E-state index in [1.54, 1.807) is 13.8 Å². The molecule has 0 saturated heterocycles. The van der Waals surface area contributed by atoms with Crippen molar-refractivity contribution >= 4 is 0 Å². The Morgan fingerprint density at radius 1 is 1.25 bits per heavy atom. The van der Waals surface area contributed by atoms with Crippen molar-refractivity contribution in [1.82, 2.24) is 0 Å². The van der Waals surface area contributed by atoms with Crippen LogP contribution in [0.1, 0.15) is 53.4 Å². The van der Waals surface area contributed by atoms with E-state index in [1.165, 1.54) is 0 Å². The molecule has 0 aliphatic carbocycles.